The number of hydrogen-bond acceptors (Lipinski definition) is 8. The molecule has 0 bridgehead atoms. The van der Waals surface area contributed by atoms with E-state index in [0.717, 1.165) is 25.7 Å². The van der Waals surface area contributed by atoms with Gasteiger partial charge in [-0.05, 0) is 41.9 Å². The second-order valence-corrected chi connectivity index (χ2v) is 17.1. The van der Waals surface area contributed by atoms with Crippen LogP contribution in [0.5, 0.6) is 0 Å². The van der Waals surface area contributed by atoms with Gasteiger partial charge in [0.25, 0.3) is 5.91 Å². The fraction of sp³-hybridized carbons (Fsp3) is 0.718. The summed E-state index contributed by atoms with van der Waals surface area (Å²) in [6.45, 7) is 16.2. The SMILES string of the molecule is C#CCCC(NC(=O)[C@@H]1C[C@@H](OC(N)=O)CN1C(=O)[C@@H](NC(=O)N[C@H](CN1CCC(C)(C)CC1=O)C(C)(C)C)C1(C)CCCCC1)C(=O)C(=O)NCC=C. The summed E-state index contributed by atoms with van der Waals surface area (Å²) in [4.78, 5) is 96.2. The van der Waals surface area contributed by atoms with E-state index in [-0.39, 0.29) is 43.7 Å². The Morgan fingerprint density at radius 1 is 1.06 bits per heavy atom. The molecule has 2 saturated heterocycles. The zero-order valence-corrected chi connectivity index (χ0v) is 32.9. The van der Waals surface area contributed by atoms with Crippen LogP contribution in [0.3, 0.4) is 0 Å². The Labute approximate surface area is 319 Å². The molecule has 6 N–H and O–H groups in total. The number of nitrogens with one attached hydrogen (secondary N) is 4. The molecule has 3 aliphatic rings. The molecule has 0 aromatic carbocycles. The highest BCUT2D eigenvalue weighted by molar-refractivity contribution is 6.38. The summed E-state index contributed by atoms with van der Waals surface area (Å²) in [5.74, 6) is -0.754. The van der Waals surface area contributed by atoms with E-state index in [1.807, 2.05) is 27.7 Å². The Morgan fingerprint density at radius 3 is 2.30 bits per heavy atom. The van der Waals surface area contributed by atoms with Gasteiger partial charge in [-0.2, -0.15) is 0 Å². The van der Waals surface area contributed by atoms with Crippen molar-refractivity contribution in [3.05, 3.63) is 12.7 Å². The maximum atomic E-state index is 14.8. The molecule has 1 aliphatic carbocycles. The monoisotopic (exact) mass is 755 g/mol. The molecule has 3 rings (SSSR count). The van der Waals surface area contributed by atoms with E-state index < -0.39 is 76.7 Å². The number of hydrogen-bond donors (Lipinski definition) is 5. The van der Waals surface area contributed by atoms with Crippen molar-refractivity contribution in [2.24, 2.45) is 22.0 Å². The van der Waals surface area contributed by atoms with E-state index in [1.165, 1.54) is 11.0 Å². The Morgan fingerprint density at radius 2 is 1.72 bits per heavy atom. The summed E-state index contributed by atoms with van der Waals surface area (Å²) in [7, 11) is 0. The fourth-order valence-electron chi connectivity index (χ4n) is 7.51. The molecule has 300 valence electrons. The second kappa shape index (κ2) is 18.6. The molecule has 0 spiro atoms. The normalized spacial score (nSPS) is 22.4. The molecule has 7 amide bonds. The minimum absolute atomic E-state index is 0.0252. The van der Waals surface area contributed by atoms with Crippen molar-refractivity contribution >= 4 is 41.5 Å². The van der Waals surface area contributed by atoms with Gasteiger partial charge in [0.05, 0.1) is 18.6 Å². The van der Waals surface area contributed by atoms with Crippen LogP contribution in [0.4, 0.5) is 9.59 Å². The van der Waals surface area contributed by atoms with Gasteiger partial charge in [-0.3, -0.25) is 24.0 Å². The molecule has 54 heavy (non-hydrogen) atoms. The number of ketones is 1. The number of terminal acetylenes is 1. The van der Waals surface area contributed by atoms with Crippen LogP contribution in [0.25, 0.3) is 0 Å². The fourth-order valence-corrected chi connectivity index (χ4v) is 7.51. The molecule has 5 atom stereocenters. The molecule has 1 unspecified atom stereocenters. The van der Waals surface area contributed by atoms with Gasteiger partial charge < -0.3 is 41.5 Å². The number of nitrogens with two attached hydrogens (primary N) is 1. The van der Waals surface area contributed by atoms with Gasteiger partial charge in [-0.25, -0.2) is 9.59 Å². The summed E-state index contributed by atoms with van der Waals surface area (Å²) in [5, 5.41) is 11.0. The number of amides is 7. The Bertz CT molecular complexity index is 1480. The molecule has 1 saturated carbocycles. The van der Waals surface area contributed by atoms with Crippen molar-refractivity contribution in [1.82, 2.24) is 31.1 Å². The third-order valence-electron chi connectivity index (χ3n) is 11.0. The third-order valence-corrected chi connectivity index (χ3v) is 11.0. The maximum absolute atomic E-state index is 14.8. The molecule has 15 nitrogen and oxygen atoms in total. The lowest BCUT2D eigenvalue weighted by atomic mass is 9.70. The van der Waals surface area contributed by atoms with Crippen molar-refractivity contribution in [3.63, 3.8) is 0 Å². The first-order valence-corrected chi connectivity index (χ1v) is 19.0. The van der Waals surface area contributed by atoms with E-state index in [2.05, 4.69) is 47.6 Å². The van der Waals surface area contributed by atoms with E-state index in [0.29, 0.717) is 32.4 Å². The number of ether oxygens (including phenoxy) is 1. The van der Waals surface area contributed by atoms with E-state index in [9.17, 15) is 33.6 Å². The molecule has 2 heterocycles. The quantitative estimate of drug-likeness (QED) is 0.0951. The van der Waals surface area contributed by atoms with Crippen LogP contribution in [0, 0.1) is 28.6 Å². The van der Waals surface area contributed by atoms with Gasteiger partial charge in [0.15, 0.2) is 0 Å². The van der Waals surface area contributed by atoms with Crippen LogP contribution in [0.2, 0.25) is 0 Å². The first-order valence-electron chi connectivity index (χ1n) is 19.0. The largest absolute Gasteiger partial charge is 0.444 e. The third kappa shape index (κ3) is 11.9. The van der Waals surface area contributed by atoms with Crippen LogP contribution in [0.15, 0.2) is 12.7 Å². The van der Waals surface area contributed by atoms with Gasteiger partial charge in [0.1, 0.15) is 18.2 Å². The molecule has 3 fully saturated rings. The molecule has 0 radical (unpaired) electrons. The number of primary amides is 1. The minimum Gasteiger partial charge on any atom is -0.444 e. The molecular weight excluding hydrogens is 694 g/mol. The van der Waals surface area contributed by atoms with E-state index in [1.54, 1.807) is 4.90 Å². The summed E-state index contributed by atoms with van der Waals surface area (Å²) < 4.78 is 5.25. The van der Waals surface area contributed by atoms with Crippen molar-refractivity contribution in [2.75, 3.05) is 26.2 Å². The lowest BCUT2D eigenvalue weighted by Crippen LogP contribution is -2.63. The van der Waals surface area contributed by atoms with Crippen molar-refractivity contribution in [3.8, 4) is 12.3 Å². The van der Waals surface area contributed by atoms with Gasteiger partial charge >= 0.3 is 12.1 Å². The molecule has 15 heteroatoms. The van der Waals surface area contributed by atoms with Crippen molar-refractivity contribution < 1.29 is 38.3 Å². The lowest BCUT2D eigenvalue weighted by Gasteiger charge is -2.43. The van der Waals surface area contributed by atoms with Crippen LogP contribution in [-0.4, -0.2) is 108 Å². The zero-order chi connectivity index (χ0) is 40.4. The first-order chi connectivity index (χ1) is 25.2. The highest BCUT2D eigenvalue weighted by Gasteiger charge is 2.49. The number of rotatable bonds is 15. The highest BCUT2D eigenvalue weighted by Crippen LogP contribution is 2.40. The molecular formula is C39H61N7O8. The van der Waals surface area contributed by atoms with Gasteiger partial charge in [0.2, 0.25) is 23.5 Å². The van der Waals surface area contributed by atoms with Gasteiger partial charge in [-0.1, -0.05) is 66.9 Å². The predicted octanol–water partition coefficient (Wildman–Crippen LogP) is 2.52. The summed E-state index contributed by atoms with van der Waals surface area (Å²) in [6, 6.07) is -4.69. The van der Waals surface area contributed by atoms with Crippen LogP contribution in [0.1, 0.15) is 106 Å². The topological polar surface area (TPSA) is 209 Å². The number of Topliss-reactive ketones (excluding diaryl/α,β-unsaturated/α-hetero) is 1. The number of nitrogens with zero attached hydrogens (tertiary/aromatic N) is 2. The van der Waals surface area contributed by atoms with E-state index >= 15 is 0 Å². The smallest absolute Gasteiger partial charge is 0.404 e. The molecule has 0 aromatic rings. The lowest BCUT2D eigenvalue weighted by molar-refractivity contribution is -0.144. The minimum atomic E-state index is -1.30. The average molecular weight is 756 g/mol. The summed E-state index contributed by atoms with van der Waals surface area (Å²) in [5.41, 5.74) is 4.08. The maximum Gasteiger partial charge on any atom is 0.404 e. The van der Waals surface area contributed by atoms with Crippen molar-refractivity contribution in [2.45, 2.75) is 136 Å². The number of likely N-dealkylation sites (tertiary alicyclic amines) is 2. The zero-order valence-electron chi connectivity index (χ0n) is 32.9. The first kappa shape index (κ1) is 43.8. The van der Waals surface area contributed by atoms with E-state index in [4.69, 9.17) is 16.9 Å². The second-order valence-electron chi connectivity index (χ2n) is 17.1. The Hall–Kier alpha value is -4.61. The van der Waals surface area contributed by atoms with Crippen LogP contribution in [-0.2, 0) is 28.7 Å². The Kier molecular flexibility index (Phi) is 15.1. The predicted molar refractivity (Wildman–Crippen MR) is 202 cm³/mol. The number of piperidine rings is 1. The number of urea groups is 1. The summed E-state index contributed by atoms with van der Waals surface area (Å²) in [6.07, 6.45) is 9.79. The summed E-state index contributed by atoms with van der Waals surface area (Å²) >= 11 is 0. The van der Waals surface area contributed by atoms with Crippen LogP contribution < -0.4 is 27.0 Å². The van der Waals surface area contributed by atoms with Gasteiger partial charge in [0, 0.05) is 38.9 Å². The number of carbonyl (C=O) groups is 7. The standard InChI is InChI=1S/C39H61N7O8/c1-9-11-15-26(30(48)33(50)41-19-10-2)42-32(49)27-21-25(54-35(40)52)23-46(27)34(51)31(39(8)16-13-12-14-17-39)44-36(53)43-28(37(3,4)5)24-45-20-18-38(6,7)22-29(45)47/h1,10,25-28,31H,2,11-24H2,3-8H3,(H2,40,52)(H,41,50)(H,42,49)(H2,43,44,53)/t25-,26?,27+,28-,31-/m1/s1. The number of carbonyl (C=O) groups excluding carboxylic acids is 7. The van der Waals surface area contributed by atoms with Gasteiger partial charge in [-0.15, -0.1) is 18.9 Å². The average Bonchev–Trinajstić information content (AvgIpc) is 3.50. The Balaban J connectivity index is 1.91. The van der Waals surface area contributed by atoms with Crippen molar-refractivity contribution in [1.29, 1.82) is 0 Å². The van der Waals surface area contributed by atoms with Crippen LogP contribution >= 0.6 is 0 Å². The molecule has 2 aliphatic heterocycles. The molecule has 0 aromatic heterocycles. The highest BCUT2D eigenvalue weighted by atomic mass is 16.6.